The molecular formula is C17H17N3O3. The molecule has 0 aliphatic heterocycles. The van der Waals surface area contributed by atoms with E-state index in [4.69, 9.17) is 4.74 Å². The maximum atomic E-state index is 12.2. The summed E-state index contributed by atoms with van der Waals surface area (Å²) in [5.41, 5.74) is 2.89. The number of amides is 1. The third-order valence-corrected chi connectivity index (χ3v) is 3.71. The largest absolute Gasteiger partial charge is 0.464 e. The smallest absolute Gasteiger partial charge is 0.354 e. The lowest BCUT2D eigenvalue weighted by Gasteiger charge is -2.02. The average Bonchev–Trinajstić information content (AvgIpc) is 3.10. The van der Waals surface area contributed by atoms with Crippen molar-refractivity contribution in [3.63, 3.8) is 0 Å². The molecule has 3 rings (SSSR count). The van der Waals surface area contributed by atoms with E-state index in [1.165, 1.54) is 7.11 Å². The Morgan fingerprint density at radius 2 is 2.09 bits per heavy atom. The van der Waals surface area contributed by atoms with Gasteiger partial charge in [-0.2, -0.15) is 0 Å². The van der Waals surface area contributed by atoms with E-state index in [1.54, 1.807) is 23.9 Å². The molecule has 23 heavy (non-hydrogen) atoms. The molecule has 3 aromatic rings. The second-order valence-electron chi connectivity index (χ2n) is 5.30. The van der Waals surface area contributed by atoms with Crippen molar-refractivity contribution in [1.82, 2.24) is 9.55 Å². The molecule has 0 saturated carbocycles. The maximum Gasteiger partial charge on any atom is 0.354 e. The highest BCUT2D eigenvalue weighted by Crippen LogP contribution is 2.19. The summed E-state index contributed by atoms with van der Waals surface area (Å²) in [7, 11) is 3.05. The highest BCUT2D eigenvalue weighted by molar-refractivity contribution is 5.97. The lowest BCUT2D eigenvalue weighted by Crippen LogP contribution is -2.13. The molecule has 2 heterocycles. The maximum absolute atomic E-state index is 12.2. The molecule has 2 N–H and O–H groups in total. The number of fused-ring (bicyclic) bond motifs is 1. The molecule has 0 aliphatic carbocycles. The van der Waals surface area contributed by atoms with Crippen molar-refractivity contribution in [3.05, 3.63) is 54.0 Å². The minimum atomic E-state index is -0.440. The van der Waals surface area contributed by atoms with Crippen LogP contribution in [0, 0.1) is 0 Å². The van der Waals surface area contributed by atoms with Gasteiger partial charge in [0.2, 0.25) is 5.91 Å². The van der Waals surface area contributed by atoms with Crippen LogP contribution in [0.15, 0.2) is 42.7 Å². The van der Waals surface area contributed by atoms with Crippen LogP contribution in [0.3, 0.4) is 0 Å². The van der Waals surface area contributed by atoms with Crippen LogP contribution in [0.25, 0.3) is 10.9 Å². The number of nitrogens with one attached hydrogen (secondary N) is 2. The van der Waals surface area contributed by atoms with Crippen LogP contribution in [-0.4, -0.2) is 28.5 Å². The summed E-state index contributed by atoms with van der Waals surface area (Å²) < 4.78 is 6.31. The monoisotopic (exact) mass is 311 g/mol. The number of nitrogens with zero attached hydrogens (tertiary/aromatic N) is 1. The van der Waals surface area contributed by atoms with Crippen LogP contribution in [0.4, 0.5) is 5.69 Å². The van der Waals surface area contributed by atoms with Crippen molar-refractivity contribution in [2.24, 2.45) is 7.05 Å². The molecule has 0 unspecified atom stereocenters. The second-order valence-corrected chi connectivity index (χ2v) is 5.30. The molecule has 0 radical (unpaired) electrons. The molecule has 0 atom stereocenters. The van der Waals surface area contributed by atoms with Gasteiger partial charge in [-0.25, -0.2) is 4.79 Å². The Kier molecular flexibility index (Phi) is 3.89. The fourth-order valence-corrected chi connectivity index (χ4v) is 2.60. The first-order chi connectivity index (χ1) is 11.1. The highest BCUT2D eigenvalue weighted by Gasteiger charge is 2.14. The quantitative estimate of drug-likeness (QED) is 0.727. The van der Waals surface area contributed by atoms with Gasteiger partial charge in [-0.3, -0.25) is 4.79 Å². The first kappa shape index (κ1) is 14.9. The molecule has 118 valence electrons. The number of carbonyl (C=O) groups excluding carboxylic acids is 2. The standard InChI is InChI=1S/C17H17N3O3/c1-20-10-12(8-15(20)17(22)23-2)19-16(21)7-11-9-18-14-6-4-3-5-13(11)14/h3-6,8-10,18H,7H2,1-2H3,(H,19,21). The Hall–Kier alpha value is -3.02. The topological polar surface area (TPSA) is 76.1 Å². The fraction of sp³-hybridized carbons (Fsp3) is 0.176. The van der Waals surface area contributed by atoms with Gasteiger partial charge in [-0.1, -0.05) is 18.2 Å². The van der Waals surface area contributed by atoms with Gasteiger partial charge < -0.3 is 19.6 Å². The number of carbonyl (C=O) groups is 2. The fourth-order valence-electron chi connectivity index (χ4n) is 2.60. The molecule has 0 aliphatic rings. The number of benzene rings is 1. The highest BCUT2D eigenvalue weighted by atomic mass is 16.5. The number of esters is 1. The van der Waals surface area contributed by atoms with Crippen LogP contribution >= 0.6 is 0 Å². The van der Waals surface area contributed by atoms with Gasteiger partial charge in [0.05, 0.1) is 19.2 Å². The molecule has 0 spiro atoms. The molecule has 0 bridgehead atoms. The zero-order chi connectivity index (χ0) is 16.4. The van der Waals surface area contributed by atoms with Crippen LogP contribution < -0.4 is 5.32 Å². The Morgan fingerprint density at radius 3 is 2.87 bits per heavy atom. The van der Waals surface area contributed by atoms with E-state index in [9.17, 15) is 9.59 Å². The average molecular weight is 311 g/mol. The van der Waals surface area contributed by atoms with Crippen LogP contribution in [0.5, 0.6) is 0 Å². The molecule has 6 nitrogen and oxygen atoms in total. The number of aromatic amines is 1. The van der Waals surface area contributed by atoms with E-state index < -0.39 is 5.97 Å². The number of H-pyrrole nitrogens is 1. The van der Waals surface area contributed by atoms with E-state index in [0.29, 0.717) is 11.4 Å². The number of rotatable bonds is 4. The summed E-state index contributed by atoms with van der Waals surface area (Å²) in [6.07, 6.45) is 3.78. The molecule has 6 heteroatoms. The lowest BCUT2D eigenvalue weighted by atomic mass is 10.1. The summed E-state index contributed by atoms with van der Waals surface area (Å²) in [4.78, 5) is 27.0. The molecule has 1 amide bonds. The number of hydrogen-bond donors (Lipinski definition) is 2. The van der Waals surface area contributed by atoms with Crippen LogP contribution in [0.1, 0.15) is 16.1 Å². The predicted molar refractivity (Wildman–Crippen MR) is 87.4 cm³/mol. The van der Waals surface area contributed by atoms with E-state index in [-0.39, 0.29) is 12.3 Å². The van der Waals surface area contributed by atoms with Gasteiger partial charge >= 0.3 is 5.97 Å². The van der Waals surface area contributed by atoms with Crippen molar-refractivity contribution in [1.29, 1.82) is 0 Å². The first-order valence-corrected chi connectivity index (χ1v) is 7.18. The summed E-state index contributed by atoms with van der Waals surface area (Å²) in [5, 5.41) is 3.84. The van der Waals surface area contributed by atoms with Crippen molar-refractivity contribution in [2.45, 2.75) is 6.42 Å². The molecule has 0 saturated heterocycles. The van der Waals surface area contributed by atoms with Gasteiger partial charge in [-0.15, -0.1) is 0 Å². The van der Waals surface area contributed by atoms with E-state index in [2.05, 4.69) is 10.3 Å². The van der Waals surface area contributed by atoms with Gasteiger partial charge in [0.15, 0.2) is 0 Å². The van der Waals surface area contributed by atoms with E-state index in [0.717, 1.165) is 16.5 Å². The zero-order valence-electron chi connectivity index (χ0n) is 12.9. The third-order valence-electron chi connectivity index (χ3n) is 3.71. The van der Waals surface area contributed by atoms with Crippen LogP contribution in [-0.2, 0) is 23.0 Å². The lowest BCUT2D eigenvalue weighted by molar-refractivity contribution is -0.115. The van der Waals surface area contributed by atoms with Crippen molar-refractivity contribution in [3.8, 4) is 0 Å². The Labute approximate surface area is 133 Å². The third kappa shape index (κ3) is 2.96. The Morgan fingerprint density at radius 1 is 1.30 bits per heavy atom. The van der Waals surface area contributed by atoms with Crippen LogP contribution in [0.2, 0.25) is 0 Å². The van der Waals surface area contributed by atoms with E-state index in [1.807, 2.05) is 30.5 Å². The van der Waals surface area contributed by atoms with Gasteiger partial charge in [-0.05, 0) is 17.7 Å². The number of aromatic nitrogens is 2. The summed E-state index contributed by atoms with van der Waals surface area (Å²) in [6.45, 7) is 0. The second kappa shape index (κ2) is 6.00. The van der Waals surface area contributed by atoms with Gasteiger partial charge in [0.25, 0.3) is 0 Å². The van der Waals surface area contributed by atoms with Crippen molar-refractivity contribution in [2.75, 3.05) is 12.4 Å². The number of ether oxygens (including phenoxy) is 1. The summed E-state index contributed by atoms with van der Waals surface area (Å²) in [5.74, 6) is -0.582. The van der Waals surface area contributed by atoms with Crippen molar-refractivity contribution < 1.29 is 14.3 Å². The number of methoxy groups -OCH3 is 1. The van der Waals surface area contributed by atoms with Gasteiger partial charge in [0, 0.05) is 30.3 Å². The molecule has 0 fully saturated rings. The van der Waals surface area contributed by atoms with Gasteiger partial charge in [0.1, 0.15) is 5.69 Å². The molecular weight excluding hydrogens is 294 g/mol. The summed E-state index contributed by atoms with van der Waals surface area (Å²) in [6, 6.07) is 9.43. The first-order valence-electron chi connectivity index (χ1n) is 7.18. The zero-order valence-corrected chi connectivity index (χ0v) is 12.9. The Balaban J connectivity index is 1.74. The number of hydrogen-bond acceptors (Lipinski definition) is 3. The Bertz CT molecular complexity index is 876. The summed E-state index contributed by atoms with van der Waals surface area (Å²) >= 11 is 0. The van der Waals surface area contributed by atoms with Crippen molar-refractivity contribution >= 4 is 28.5 Å². The number of anilines is 1. The minimum absolute atomic E-state index is 0.142. The molecule has 1 aromatic carbocycles. The predicted octanol–water partition coefficient (Wildman–Crippen LogP) is 2.47. The number of aryl methyl sites for hydroxylation is 1. The molecule has 2 aromatic heterocycles. The normalized spacial score (nSPS) is 10.7. The van der Waals surface area contributed by atoms with E-state index >= 15 is 0 Å². The SMILES string of the molecule is COC(=O)c1cc(NC(=O)Cc2c[nH]c3ccccc23)cn1C. The minimum Gasteiger partial charge on any atom is -0.464 e. The number of para-hydroxylation sites is 1.